The van der Waals surface area contributed by atoms with E-state index in [4.69, 9.17) is 0 Å². The van der Waals surface area contributed by atoms with Crippen LogP contribution >= 0.6 is 27.3 Å². The Labute approximate surface area is 119 Å². The van der Waals surface area contributed by atoms with E-state index in [1.807, 2.05) is 12.1 Å². The van der Waals surface area contributed by atoms with Gasteiger partial charge in [0.1, 0.15) is 0 Å². The van der Waals surface area contributed by atoms with Gasteiger partial charge in [0.2, 0.25) is 0 Å². The van der Waals surface area contributed by atoms with Crippen LogP contribution in [0.5, 0.6) is 0 Å². The van der Waals surface area contributed by atoms with E-state index in [1.54, 1.807) is 11.3 Å². The Morgan fingerprint density at radius 1 is 1.39 bits per heavy atom. The first kappa shape index (κ1) is 12.4. The lowest BCUT2D eigenvalue weighted by Gasteiger charge is -2.17. The van der Waals surface area contributed by atoms with Gasteiger partial charge in [-0.1, -0.05) is 24.3 Å². The molecule has 2 aromatic rings. The SMILES string of the molecule is O[C@H]1Cc2ccccc2[C@H]1NCc1csc(Br)c1. The molecule has 0 radical (unpaired) electrons. The zero-order chi connectivity index (χ0) is 12.5. The molecular weight excluding hydrogens is 310 g/mol. The molecule has 1 aromatic carbocycles. The largest absolute Gasteiger partial charge is 0.391 e. The van der Waals surface area contributed by atoms with Crippen LogP contribution in [-0.4, -0.2) is 11.2 Å². The summed E-state index contributed by atoms with van der Waals surface area (Å²) in [7, 11) is 0. The Morgan fingerprint density at radius 3 is 3.00 bits per heavy atom. The van der Waals surface area contributed by atoms with E-state index in [0.29, 0.717) is 0 Å². The van der Waals surface area contributed by atoms with Crippen LogP contribution in [0.15, 0.2) is 39.5 Å². The van der Waals surface area contributed by atoms with Crippen LogP contribution in [-0.2, 0) is 13.0 Å². The van der Waals surface area contributed by atoms with Gasteiger partial charge in [-0.25, -0.2) is 0 Å². The minimum absolute atomic E-state index is 0.0554. The number of hydrogen-bond acceptors (Lipinski definition) is 3. The number of nitrogens with one attached hydrogen (secondary N) is 1. The monoisotopic (exact) mass is 323 g/mol. The molecule has 0 fully saturated rings. The Morgan fingerprint density at radius 2 is 2.22 bits per heavy atom. The summed E-state index contributed by atoms with van der Waals surface area (Å²) in [5.41, 5.74) is 3.75. The van der Waals surface area contributed by atoms with Crippen molar-refractivity contribution in [3.63, 3.8) is 0 Å². The van der Waals surface area contributed by atoms with Crippen LogP contribution in [0.2, 0.25) is 0 Å². The molecule has 2 N–H and O–H groups in total. The number of rotatable bonds is 3. The average molecular weight is 324 g/mol. The predicted molar refractivity (Wildman–Crippen MR) is 77.8 cm³/mol. The van der Waals surface area contributed by atoms with Gasteiger partial charge in [0, 0.05) is 13.0 Å². The fourth-order valence-corrected chi connectivity index (χ4v) is 3.70. The molecule has 0 saturated heterocycles. The molecule has 0 amide bonds. The van der Waals surface area contributed by atoms with Crippen molar-refractivity contribution < 1.29 is 5.11 Å². The standard InChI is InChI=1S/C14H14BrNOS/c15-13-5-9(8-18-13)7-16-14-11-4-2-1-3-10(11)6-12(14)17/h1-5,8,12,14,16-17H,6-7H2/t12-,14+/m0/s1. The molecule has 18 heavy (non-hydrogen) atoms. The van der Waals surface area contributed by atoms with Gasteiger partial charge < -0.3 is 10.4 Å². The third-order valence-electron chi connectivity index (χ3n) is 3.35. The van der Waals surface area contributed by atoms with Crippen LogP contribution < -0.4 is 5.32 Å². The average Bonchev–Trinajstić information content (AvgIpc) is 2.90. The summed E-state index contributed by atoms with van der Waals surface area (Å²) >= 11 is 5.15. The second kappa shape index (κ2) is 5.13. The fourth-order valence-electron chi connectivity index (χ4n) is 2.49. The smallest absolute Gasteiger partial charge is 0.0775 e. The molecule has 2 nitrogen and oxygen atoms in total. The van der Waals surface area contributed by atoms with Gasteiger partial charge in [-0.05, 0) is 44.1 Å². The first-order valence-corrected chi connectivity index (χ1v) is 7.63. The number of halogens is 1. The van der Waals surface area contributed by atoms with E-state index in [9.17, 15) is 5.11 Å². The summed E-state index contributed by atoms with van der Waals surface area (Å²) in [6.45, 7) is 0.790. The first-order chi connectivity index (χ1) is 8.74. The maximum Gasteiger partial charge on any atom is 0.0775 e. The van der Waals surface area contributed by atoms with E-state index in [2.05, 4.69) is 44.8 Å². The van der Waals surface area contributed by atoms with Crippen molar-refractivity contribution in [3.8, 4) is 0 Å². The van der Waals surface area contributed by atoms with Crippen molar-refractivity contribution >= 4 is 27.3 Å². The summed E-state index contributed by atoms with van der Waals surface area (Å²) in [5.74, 6) is 0. The zero-order valence-electron chi connectivity index (χ0n) is 9.77. The maximum absolute atomic E-state index is 10.1. The van der Waals surface area contributed by atoms with Crippen LogP contribution in [0, 0.1) is 0 Å². The summed E-state index contributed by atoms with van der Waals surface area (Å²) in [4.78, 5) is 0. The van der Waals surface area contributed by atoms with Gasteiger partial charge in [-0.15, -0.1) is 11.3 Å². The van der Waals surface area contributed by atoms with Gasteiger partial charge in [-0.3, -0.25) is 0 Å². The van der Waals surface area contributed by atoms with Gasteiger partial charge >= 0.3 is 0 Å². The van der Waals surface area contributed by atoms with Crippen LogP contribution in [0.1, 0.15) is 22.7 Å². The lowest BCUT2D eigenvalue weighted by molar-refractivity contribution is 0.140. The van der Waals surface area contributed by atoms with Gasteiger partial charge in [0.15, 0.2) is 0 Å². The van der Waals surface area contributed by atoms with Crippen molar-refractivity contribution in [1.29, 1.82) is 0 Å². The number of fused-ring (bicyclic) bond motifs is 1. The number of thiophene rings is 1. The van der Waals surface area contributed by atoms with Crippen molar-refractivity contribution in [2.45, 2.75) is 25.1 Å². The van der Waals surface area contributed by atoms with Crippen LogP contribution in [0.4, 0.5) is 0 Å². The number of aliphatic hydroxyl groups excluding tert-OH is 1. The van der Waals surface area contributed by atoms with Gasteiger partial charge in [0.25, 0.3) is 0 Å². The highest BCUT2D eigenvalue weighted by molar-refractivity contribution is 9.11. The molecule has 4 heteroatoms. The number of hydrogen-bond donors (Lipinski definition) is 2. The van der Waals surface area contributed by atoms with Crippen molar-refractivity contribution in [1.82, 2.24) is 5.32 Å². The highest BCUT2D eigenvalue weighted by Crippen LogP contribution is 2.31. The van der Waals surface area contributed by atoms with E-state index >= 15 is 0 Å². The molecule has 3 rings (SSSR count). The highest BCUT2D eigenvalue weighted by atomic mass is 79.9. The minimum Gasteiger partial charge on any atom is -0.391 e. The van der Waals surface area contributed by atoms with E-state index in [1.165, 1.54) is 16.7 Å². The Hall–Kier alpha value is -0.680. The quantitative estimate of drug-likeness (QED) is 0.908. The molecule has 0 unspecified atom stereocenters. The summed E-state index contributed by atoms with van der Waals surface area (Å²) < 4.78 is 1.15. The molecule has 0 spiro atoms. The molecule has 1 aliphatic carbocycles. The number of benzene rings is 1. The second-order valence-electron chi connectivity index (χ2n) is 4.59. The van der Waals surface area contributed by atoms with Gasteiger partial charge in [-0.2, -0.15) is 0 Å². The molecule has 94 valence electrons. The normalized spacial score (nSPS) is 22.1. The molecule has 0 bridgehead atoms. The molecule has 0 saturated carbocycles. The van der Waals surface area contributed by atoms with E-state index in [-0.39, 0.29) is 12.1 Å². The van der Waals surface area contributed by atoms with Crippen molar-refractivity contribution in [2.24, 2.45) is 0 Å². The third-order valence-corrected chi connectivity index (χ3v) is 4.91. The second-order valence-corrected chi connectivity index (χ2v) is 6.88. The van der Waals surface area contributed by atoms with Crippen molar-refractivity contribution in [2.75, 3.05) is 0 Å². The molecule has 1 aromatic heterocycles. The van der Waals surface area contributed by atoms with Crippen molar-refractivity contribution in [3.05, 3.63) is 56.2 Å². The molecule has 1 heterocycles. The van der Waals surface area contributed by atoms with E-state index in [0.717, 1.165) is 16.8 Å². The lowest BCUT2D eigenvalue weighted by atomic mass is 10.1. The maximum atomic E-state index is 10.1. The number of aliphatic hydroxyl groups is 1. The Kier molecular flexibility index (Phi) is 3.52. The molecule has 1 aliphatic rings. The first-order valence-electron chi connectivity index (χ1n) is 5.96. The van der Waals surface area contributed by atoms with Gasteiger partial charge in [0.05, 0.1) is 15.9 Å². The topological polar surface area (TPSA) is 32.3 Å². The molecule has 0 aliphatic heterocycles. The Balaban J connectivity index is 1.73. The fraction of sp³-hybridized carbons (Fsp3) is 0.286. The van der Waals surface area contributed by atoms with E-state index < -0.39 is 0 Å². The Bertz CT molecular complexity index is 554. The van der Waals surface area contributed by atoms with Crippen LogP contribution in [0.25, 0.3) is 0 Å². The zero-order valence-corrected chi connectivity index (χ0v) is 12.2. The van der Waals surface area contributed by atoms with Crippen LogP contribution in [0.3, 0.4) is 0 Å². The molecule has 2 atom stereocenters. The summed E-state index contributed by atoms with van der Waals surface area (Å²) in [6, 6.07) is 10.4. The highest BCUT2D eigenvalue weighted by Gasteiger charge is 2.29. The summed E-state index contributed by atoms with van der Waals surface area (Å²) in [6.07, 6.45) is 0.436. The summed E-state index contributed by atoms with van der Waals surface area (Å²) in [5, 5.41) is 15.7. The predicted octanol–water partition coefficient (Wildman–Crippen LogP) is 3.26. The third kappa shape index (κ3) is 2.38. The molecular formula is C14H14BrNOS. The minimum atomic E-state index is -0.315. The lowest BCUT2D eigenvalue weighted by Crippen LogP contribution is -2.28.